The summed E-state index contributed by atoms with van der Waals surface area (Å²) < 4.78 is 0. The van der Waals surface area contributed by atoms with Gasteiger partial charge in [-0.05, 0) is 47.9 Å². The minimum atomic E-state index is 0.567. The van der Waals surface area contributed by atoms with Gasteiger partial charge in [0.25, 0.3) is 0 Å². The summed E-state index contributed by atoms with van der Waals surface area (Å²) in [6, 6.07) is 15.3. The van der Waals surface area contributed by atoms with Crippen molar-refractivity contribution in [3.63, 3.8) is 0 Å². The van der Waals surface area contributed by atoms with Gasteiger partial charge in [0.1, 0.15) is 0 Å². The molecule has 3 atom stereocenters. The number of hydrogen-bond acceptors (Lipinski definition) is 5. The van der Waals surface area contributed by atoms with E-state index < -0.39 is 0 Å². The SMILES string of the molecule is c1ccc(-c2cnc(NC3C[C@@H]4CN(Cc5ccncc5)C[C@@H]4C3)s2)cc1. The van der Waals surface area contributed by atoms with E-state index in [-0.39, 0.29) is 0 Å². The van der Waals surface area contributed by atoms with Gasteiger partial charge in [-0.3, -0.25) is 9.88 Å². The summed E-state index contributed by atoms with van der Waals surface area (Å²) >= 11 is 1.76. The monoisotopic (exact) mass is 376 g/mol. The van der Waals surface area contributed by atoms with E-state index in [1.165, 1.54) is 41.9 Å². The number of thiazole rings is 1. The molecular formula is C22H24N4S. The normalized spacial score (nSPS) is 24.8. The number of rotatable bonds is 5. The van der Waals surface area contributed by atoms with Gasteiger partial charge < -0.3 is 5.32 Å². The van der Waals surface area contributed by atoms with E-state index in [0.29, 0.717) is 6.04 Å². The van der Waals surface area contributed by atoms with Crippen LogP contribution in [0.5, 0.6) is 0 Å². The molecule has 1 aliphatic carbocycles. The van der Waals surface area contributed by atoms with Crippen molar-refractivity contribution in [1.82, 2.24) is 14.9 Å². The number of benzene rings is 1. The first kappa shape index (κ1) is 16.9. The summed E-state index contributed by atoms with van der Waals surface area (Å²) in [7, 11) is 0. The lowest BCUT2D eigenvalue weighted by atomic mass is 10.0. The molecule has 2 aliphatic rings. The van der Waals surface area contributed by atoms with Gasteiger partial charge in [-0.25, -0.2) is 4.98 Å². The van der Waals surface area contributed by atoms with Crippen molar-refractivity contribution in [2.45, 2.75) is 25.4 Å². The molecule has 1 unspecified atom stereocenters. The largest absolute Gasteiger partial charge is 0.359 e. The standard InChI is InChI=1S/C22H24N4S/c1-2-4-17(5-3-1)21-12-24-22(27-21)25-20-10-18-14-26(15-19(18)11-20)13-16-6-8-23-9-7-16/h1-9,12,18-20H,10-11,13-15H2,(H,24,25)/t18-,19+,20?. The summed E-state index contributed by atoms with van der Waals surface area (Å²) in [6.45, 7) is 3.50. The first-order valence-corrected chi connectivity index (χ1v) is 10.5. The predicted octanol–water partition coefficient (Wildman–Crippen LogP) is 4.53. The van der Waals surface area contributed by atoms with Gasteiger partial charge in [0.15, 0.2) is 5.13 Å². The molecule has 1 saturated carbocycles. The van der Waals surface area contributed by atoms with Crippen LogP contribution in [0, 0.1) is 11.8 Å². The molecule has 1 saturated heterocycles. The lowest BCUT2D eigenvalue weighted by Gasteiger charge is -2.19. The van der Waals surface area contributed by atoms with Crippen molar-refractivity contribution in [3.05, 3.63) is 66.6 Å². The molecule has 3 aromatic rings. The second-order valence-electron chi connectivity index (χ2n) is 7.78. The summed E-state index contributed by atoms with van der Waals surface area (Å²) in [5, 5.41) is 4.77. The van der Waals surface area contributed by atoms with Gasteiger partial charge in [-0.1, -0.05) is 41.7 Å². The molecule has 2 fully saturated rings. The van der Waals surface area contributed by atoms with Crippen LogP contribution in [-0.2, 0) is 6.54 Å². The highest BCUT2D eigenvalue weighted by Crippen LogP contribution is 2.40. The van der Waals surface area contributed by atoms with Crippen LogP contribution in [0.25, 0.3) is 10.4 Å². The molecule has 4 nitrogen and oxygen atoms in total. The van der Waals surface area contributed by atoms with Gasteiger partial charge >= 0.3 is 0 Å². The van der Waals surface area contributed by atoms with E-state index in [9.17, 15) is 0 Å². The molecule has 1 aliphatic heterocycles. The Hall–Kier alpha value is -2.24. The Labute approximate surface area is 164 Å². The Kier molecular flexibility index (Phi) is 4.64. The van der Waals surface area contributed by atoms with Gasteiger partial charge in [0.05, 0.1) is 4.88 Å². The Morgan fingerprint density at radius 1 is 1.00 bits per heavy atom. The van der Waals surface area contributed by atoms with Crippen molar-refractivity contribution in [2.24, 2.45) is 11.8 Å². The second-order valence-corrected chi connectivity index (χ2v) is 8.81. The minimum absolute atomic E-state index is 0.567. The molecule has 5 heteroatoms. The summed E-state index contributed by atoms with van der Waals surface area (Å²) in [4.78, 5) is 12.6. The van der Waals surface area contributed by atoms with Crippen LogP contribution in [-0.4, -0.2) is 34.0 Å². The highest BCUT2D eigenvalue weighted by atomic mass is 32.1. The van der Waals surface area contributed by atoms with Crippen LogP contribution in [0.2, 0.25) is 0 Å². The number of pyridine rings is 1. The van der Waals surface area contributed by atoms with E-state index in [2.05, 4.69) is 62.6 Å². The highest BCUT2D eigenvalue weighted by Gasteiger charge is 2.40. The molecule has 138 valence electrons. The summed E-state index contributed by atoms with van der Waals surface area (Å²) in [5.74, 6) is 1.63. The van der Waals surface area contributed by atoms with Crippen LogP contribution >= 0.6 is 11.3 Å². The molecule has 0 radical (unpaired) electrons. The fraction of sp³-hybridized carbons (Fsp3) is 0.364. The van der Waals surface area contributed by atoms with Gasteiger partial charge in [-0.15, -0.1) is 0 Å². The molecule has 0 spiro atoms. The molecule has 1 aromatic carbocycles. The lowest BCUT2D eigenvalue weighted by molar-refractivity contribution is 0.301. The number of nitrogens with zero attached hydrogens (tertiary/aromatic N) is 3. The zero-order chi connectivity index (χ0) is 18.1. The average Bonchev–Trinajstić information content (AvgIpc) is 3.39. The van der Waals surface area contributed by atoms with Crippen LogP contribution in [0.15, 0.2) is 61.1 Å². The molecule has 3 heterocycles. The average molecular weight is 377 g/mol. The minimum Gasteiger partial charge on any atom is -0.359 e. The maximum Gasteiger partial charge on any atom is 0.183 e. The molecular weight excluding hydrogens is 352 g/mol. The highest BCUT2D eigenvalue weighted by molar-refractivity contribution is 7.18. The van der Waals surface area contributed by atoms with Crippen molar-refractivity contribution in [1.29, 1.82) is 0 Å². The summed E-state index contributed by atoms with van der Waals surface area (Å²) in [5.41, 5.74) is 2.62. The first-order chi connectivity index (χ1) is 13.3. The number of nitrogens with one attached hydrogen (secondary N) is 1. The molecule has 2 aromatic heterocycles. The Balaban J connectivity index is 1.16. The fourth-order valence-corrected chi connectivity index (χ4v) is 5.54. The quantitative estimate of drug-likeness (QED) is 0.710. The third-order valence-corrected chi connectivity index (χ3v) is 6.85. The van der Waals surface area contributed by atoms with E-state index in [1.54, 1.807) is 11.3 Å². The first-order valence-electron chi connectivity index (χ1n) is 9.72. The lowest BCUT2D eigenvalue weighted by Crippen LogP contribution is -2.24. The van der Waals surface area contributed by atoms with Crippen LogP contribution in [0.3, 0.4) is 0 Å². The van der Waals surface area contributed by atoms with E-state index >= 15 is 0 Å². The van der Waals surface area contributed by atoms with Crippen LogP contribution < -0.4 is 5.32 Å². The van der Waals surface area contributed by atoms with E-state index in [0.717, 1.165) is 23.5 Å². The van der Waals surface area contributed by atoms with Gasteiger partial charge in [0, 0.05) is 44.3 Å². The molecule has 0 amide bonds. The second kappa shape index (κ2) is 7.41. The molecule has 0 bridgehead atoms. The third-order valence-electron chi connectivity index (χ3n) is 5.87. The van der Waals surface area contributed by atoms with Crippen LogP contribution in [0.1, 0.15) is 18.4 Å². The predicted molar refractivity (Wildman–Crippen MR) is 111 cm³/mol. The number of anilines is 1. The number of likely N-dealkylation sites (tertiary alicyclic amines) is 1. The Morgan fingerprint density at radius 3 is 2.48 bits per heavy atom. The fourth-order valence-electron chi connectivity index (χ4n) is 4.64. The van der Waals surface area contributed by atoms with Gasteiger partial charge in [0.2, 0.25) is 0 Å². The molecule has 27 heavy (non-hydrogen) atoms. The Morgan fingerprint density at radius 2 is 1.74 bits per heavy atom. The van der Waals surface area contributed by atoms with Crippen LogP contribution in [0.4, 0.5) is 5.13 Å². The maximum atomic E-state index is 4.61. The van der Waals surface area contributed by atoms with Crippen molar-refractivity contribution < 1.29 is 0 Å². The van der Waals surface area contributed by atoms with Crippen molar-refractivity contribution >= 4 is 16.5 Å². The van der Waals surface area contributed by atoms with E-state index in [4.69, 9.17) is 0 Å². The zero-order valence-corrected chi connectivity index (χ0v) is 16.1. The topological polar surface area (TPSA) is 41.1 Å². The van der Waals surface area contributed by atoms with E-state index in [1.807, 2.05) is 18.6 Å². The smallest absolute Gasteiger partial charge is 0.183 e. The van der Waals surface area contributed by atoms with Gasteiger partial charge in [-0.2, -0.15) is 0 Å². The molecule has 1 N–H and O–H groups in total. The third kappa shape index (κ3) is 3.75. The number of fused-ring (bicyclic) bond motifs is 1. The number of aromatic nitrogens is 2. The van der Waals surface area contributed by atoms with Crippen molar-refractivity contribution in [2.75, 3.05) is 18.4 Å². The zero-order valence-electron chi connectivity index (χ0n) is 15.3. The number of hydrogen-bond donors (Lipinski definition) is 1. The Bertz CT molecular complexity index is 866. The summed E-state index contributed by atoms with van der Waals surface area (Å²) in [6.07, 6.45) is 8.30. The molecule has 5 rings (SSSR count). The van der Waals surface area contributed by atoms with Crippen molar-refractivity contribution in [3.8, 4) is 10.4 Å². The maximum absolute atomic E-state index is 4.61.